The van der Waals surface area contributed by atoms with Crippen molar-refractivity contribution in [1.29, 1.82) is 0 Å². The van der Waals surface area contributed by atoms with Crippen molar-refractivity contribution in [2.24, 2.45) is 0 Å². The van der Waals surface area contributed by atoms with Crippen molar-refractivity contribution in [2.75, 3.05) is 0 Å². The molecule has 0 aliphatic heterocycles. The molecule has 0 aromatic carbocycles. The van der Waals surface area contributed by atoms with Crippen LogP contribution in [0.25, 0.3) is 0 Å². The molecule has 0 rings (SSSR count). The first-order valence-corrected chi connectivity index (χ1v) is 9.99. The topological polar surface area (TPSA) is 115 Å². The van der Waals surface area contributed by atoms with E-state index in [1.807, 2.05) is 0 Å². The van der Waals surface area contributed by atoms with Gasteiger partial charge in [-0.1, -0.05) is 57.6 Å². The summed E-state index contributed by atoms with van der Waals surface area (Å²) >= 11 is 0. The summed E-state index contributed by atoms with van der Waals surface area (Å²) in [5.74, 6) is -0.666. The number of allylic oxidation sites excluding steroid dienone is 2. The maximum absolute atomic E-state index is 10.3. The standard InChI is InChI=1S/C16H30O2.5Na.H3O4P.5H/c1-2-3-4-5-6-7-8-9-10-11-12-13-14-15-16(17)18;;;;;;1-5(2,3)4;;;;;/h7-8H,2-6,9-15H2,1H3,(H,17,18);;;;;;(H3,1,2,3,4);;;;;/q;5*+1;;5*-1/b8-7-;;;;;;;;;;;. The van der Waals surface area contributed by atoms with E-state index in [-0.39, 0.29) is 155 Å². The molecule has 0 heterocycles. The molecule has 0 amide bonds. The molecule has 0 aromatic rings. The van der Waals surface area contributed by atoms with Gasteiger partial charge in [0.1, 0.15) is 0 Å². The summed E-state index contributed by atoms with van der Waals surface area (Å²) < 4.78 is 8.88. The smallest absolute Gasteiger partial charge is 1.00 e. The molecule has 4 N–H and O–H groups in total. The Bertz CT molecular complexity index is 368. The molecule has 0 unspecified atom stereocenters. The van der Waals surface area contributed by atoms with Gasteiger partial charge in [-0.2, -0.15) is 0 Å². The van der Waals surface area contributed by atoms with E-state index >= 15 is 0 Å². The van der Waals surface area contributed by atoms with Gasteiger partial charge in [-0.15, -0.1) is 0 Å². The van der Waals surface area contributed by atoms with Crippen LogP contribution in [0.3, 0.4) is 0 Å². The van der Waals surface area contributed by atoms with Crippen molar-refractivity contribution in [3.8, 4) is 0 Å². The molecular weight excluding hydrogens is 434 g/mol. The summed E-state index contributed by atoms with van der Waals surface area (Å²) in [4.78, 5) is 31.9. The van der Waals surface area contributed by atoms with E-state index in [0.717, 1.165) is 12.8 Å². The predicted octanol–water partition coefficient (Wildman–Crippen LogP) is -10.0. The van der Waals surface area contributed by atoms with Gasteiger partial charge in [0.2, 0.25) is 0 Å². The molecule has 0 aliphatic rings. The molecule has 0 saturated carbocycles. The zero-order valence-electron chi connectivity index (χ0n) is 24.2. The quantitative estimate of drug-likeness (QED) is 0.0917. The van der Waals surface area contributed by atoms with Crippen molar-refractivity contribution in [3.05, 3.63) is 12.2 Å². The average molecular weight is 472 g/mol. The zero-order chi connectivity index (χ0) is 18.0. The van der Waals surface area contributed by atoms with Crippen LogP contribution < -0.4 is 148 Å². The van der Waals surface area contributed by atoms with Crippen LogP contribution in [0.2, 0.25) is 0 Å². The fourth-order valence-corrected chi connectivity index (χ4v) is 1.99. The number of unbranched alkanes of at least 4 members (excludes halogenated alkanes) is 9. The van der Waals surface area contributed by atoms with E-state index in [9.17, 15) is 4.79 Å². The van der Waals surface area contributed by atoms with E-state index in [4.69, 9.17) is 24.4 Å². The van der Waals surface area contributed by atoms with Crippen LogP contribution in [0.4, 0.5) is 0 Å². The molecule has 0 radical (unpaired) electrons. The first kappa shape index (κ1) is 49.5. The third kappa shape index (κ3) is 69.8. The SMILES string of the molecule is CCCCCC/C=C\CCCCCCCC(=O)O.O=P(O)(O)O.[H-].[H-].[H-].[H-].[H-].[Na+].[Na+].[Na+].[Na+].[Na+]. The van der Waals surface area contributed by atoms with Crippen molar-refractivity contribution in [3.63, 3.8) is 0 Å². The Kier molecular flexibility index (Phi) is 68.1. The molecule has 28 heavy (non-hydrogen) atoms. The number of carboxylic acid groups (broad SMARTS) is 1. The van der Waals surface area contributed by atoms with Gasteiger partial charge in [-0.05, 0) is 32.1 Å². The van der Waals surface area contributed by atoms with Crippen LogP contribution in [0.1, 0.15) is 91.1 Å². The fraction of sp³-hybridized carbons (Fsp3) is 0.812. The summed E-state index contributed by atoms with van der Waals surface area (Å²) in [6, 6.07) is 0. The minimum atomic E-state index is -4.64. The summed E-state index contributed by atoms with van der Waals surface area (Å²) in [6.07, 6.45) is 18.3. The molecular formula is C16H38Na5O6P. The summed E-state index contributed by atoms with van der Waals surface area (Å²) in [5.41, 5.74) is 0. The Morgan fingerprint density at radius 1 is 0.750 bits per heavy atom. The van der Waals surface area contributed by atoms with Gasteiger partial charge in [0.05, 0.1) is 0 Å². The van der Waals surface area contributed by atoms with E-state index in [0.29, 0.717) is 6.42 Å². The first-order chi connectivity index (χ1) is 10.8. The van der Waals surface area contributed by atoms with Gasteiger partial charge in [-0.25, -0.2) is 4.57 Å². The molecule has 0 saturated heterocycles. The predicted molar refractivity (Wildman–Crippen MR) is 97.7 cm³/mol. The Morgan fingerprint density at radius 3 is 1.43 bits per heavy atom. The van der Waals surface area contributed by atoms with E-state index in [1.165, 1.54) is 57.8 Å². The maximum Gasteiger partial charge on any atom is 1.00 e. The average Bonchev–Trinajstić information content (AvgIpc) is 2.42. The number of carbonyl (C=O) groups is 1. The normalized spacial score (nSPS) is 9.29. The van der Waals surface area contributed by atoms with Crippen LogP contribution in [-0.2, 0) is 9.36 Å². The Morgan fingerprint density at radius 2 is 1.07 bits per heavy atom. The summed E-state index contributed by atoms with van der Waals surface area (Å²) in [5, 5.41) is 8.48. The first-order valence-electron chi connectivity index (χ1n) is 8.42. The van der Waals surface area contributed by atoms with Crippen molar-refractivity contribution >= 4 is 13.8 Å². The van der Waals surface area contributed by atoms with Gasteiger partial charge >= 0.3 is 162 Å². The number of hydrogen-bond donors (Lipinski definition) is 4. The molecule has 12 heteroatoms. The van der Waals surface area contributed by atoms with E-state index < -0.39 is 13.8 Å². The van der Waals surface area contributed by atoms with Crippen LogP contribution in [0, 0.1) is 0 Å². The number of phosphoric acid groups is 1. The Hall–Kier alpha value is 4.32. The van der Waals surface area contributed by atoms with Gasteiger partial charge in [0.25, 0.3) is 0 Å². The number of aliphatic carboxylic acids is 1. The minimum Gasteiger partial charge on any atom is -1.00 e. The van der Waals surface area contributed by atoms with Crippen LogP contribution in [0.5, 0.6) is 0 Å². The van der Waals surface area contributed by atoms with Gasteiger partial charge in [-0.3, -0.25) is 4.79 Å². The molecule has 0 aliphatic carbocycles. The Labute approximate surface area is 289 Å². The van der Waals surface area contributed by atoms with Crippen molar-refractivity contribution < 1.29 is 184 Å². The number of hydrogen-bond acceptors (Lipinski definition) is 2. The van der Waals surface area contributed by atoms with Crippen LogP contribution >= 0.6 is 7.82 Å². The number of rotatable bonds is 13. The molecule has 0 atom stereocenters. The number of carboxylic acids is 1. The second kappa shape index (κ2) is 38.6. The Balaban J connectivity index is -0.0000000268. The summed E-state index contributed by atoms with van der Waals surface area (Å²) in [6.45, 7) is 2.24. The molecule has 0 fully saturated rings. The monoisotopic (exact) mass is 472 g/mol. The second-order valence-electron chi connectivity index (χ2n) is 5.53. The molecule has 0 aromatic heterocycles. The molecule has 6 nitrogen and oxygen atoms in total. The fourth-order valence-electron chi connectivity index (χ4n) is 1.99. The summed E-state index contributed by atoms with van der Waals surface area (Å²) in [7, 11) is -4.64. The minimum absolute atomic E-state index is 0. The zero-order valence-corrected chi connectivity index (χ0v) is 30.1. The van der Waals surface area contributed by atoms with Crippen molar-refractivity contribution in [1.82, 2.24) is 0 Å². The third-order valence-corrected chi connectivity index (χ3v) is 3.15. The van der Waals surface area contributed by atoms with E-state index in [1.54, 1.807) is 0 Å². The van der Waals surface area contributed by atoms with Crippen molar-refractivity contribution in [2.45, 2.75) is 84.0 Å². The third-order valence-electron chi connectivity index (χ3n) is 3.15. The van der Waals surface area contributed by atoms with Gasteiger partial charge in [0, 0.05) is 6.42 Å². The second-order valence-corrected chi connectivity index (χ2v) is 6.56. The van der Waals surface area contributed by atoms with Gasteiger partial charge < -0.3 is 26.9 Å². The van der Waals surface area contributed by atoms with Crippen LogP contribution in [0.15, 0.2) is 12.2 Å². The van der Waals surface area contributed by atoms with Crippen LogP contribution in [-0.4, -0.2) is 25.8 Å². The maximum atomic E-state index is 10.3. The van der Waals surface area contributed by atoms with E-state index in [2.05, 4.69) is 19.1 Å². The molecule has 148 valence electrons. The molecule has 0 spiro atoms. The molecule has 0 bridgehead atoms. The van der Waals surface area contributed by atoms with Gasteiger partial charge in [0.15, 0.2) is 0 Å². The largest absolute Gasteiger partial charge is 1.00 e.